The maximum absolute atomic E-state index is 5.50. The molecule has 1 aromatic carbocycles. The zero-order valence-electron chi connectivity index (χ0n) is 15.4. The minimum absolute atomic E-state index is 0. The standard InChI is InChI=1S/C19H31N3O.HI/c1-5-23-13-12-19(10-11-19)14-21-18(20-4)22-16(3)17-9-7-6-8-15(17)2;/h6-9,16H,5,10-14H2,1-4H3,(H2,20,21,22);1H. The lowest BCUT2D eigenvalue weighted by atomic mass is 10.0. The summed E-state index contributed by atoms with van der Waals surface area (Å²) in [6.07, 6.45) is 3.72. The van der Waals surface area contributed by atoms with E-state index in [9.17, 15) is 0 Å². The minimum Gasteiger partial charge on any atom is -0.382 e. The van der Waals surface area contributed by atoms with Gasteiger partial charge in [0.15, 0.2) is 5.96 Å². The summed E-state index contributed by atoms with van der Waals surface area (Å²) in [6.45, 7) is 9.02. The number of nitrogens with zero attached hydrogens (tertiary/aromatic N) is 1. The third kappa shape index (κ3) is 6.24. The zero-order valence-corrected chi connectivity index (χ0v) is 17.7. The molecule has 1 fully saturated rings. The van der Waals surface area contributed by atoms with E-state index in [1.54, 1.807) is 0 Å². The summed E-state index contributed by atoms with van der Waals surface area (Å²) in [7, 11) is 1.83. The lowest BCUT2D eigenvalue weighted by molar-refractivity contribution is 0.128. The number of hydrogen-bond donors (Lipinski definition) is 2. The first-order valence-electron chi connectivity index (χ1n) is 8.71. The number of ether oxygens (including phenoxy) is 1. The number of nitrogens with one attached hydrogen (secondary N) is 2. The highest BCUT2D eigenvalue weighted by molar-refractivity contribution is 14.0. The summed E-state index contributed by atoms with van der Waals surface area (Å²) in [5.41, 5.74) is 3.03. The molecule has 5 heteroatoms. The Labute approximate surface area is 163 Å². The van der Waals surface area contributed by atoms with E-state index in [-0.39, 0.29) is 30.0 Å². The number of rotatable bonds is 8. The van der Waals surface area contributed by atoms with Gasteiger partial charge < -0.3 is 15.4 Å². The molecule has 1 saturated carbocycles. The molecule has 2 N–H and O–H groups in total. The lowest BCUT2D eigenvalue weighted by Gasteiger charge is -2.22. The SMILES string of the molecule is CCOCCC1(CNC(=NC)NC(C)c2ccccc2C)CC1.I. The van der Waals surface area contributed by atoms with Crippen molar-refractivity contribution < 1.29 is 4.74 Å². The molecule has 0 heterocycles. The summed E-state index contributed by atoms with van der Waals surface area (Å²) < 4.78 is 5.50. The lowest BCUT2D eigenvalue weighted by Crippen LogP contribution is -2.41. The second-order valence-electron chi connectivity index (χ2n) is 6.60. The van der Waals surface area contributed by atoms with E-state index >= 15 is 0 Å². The molecule has 0 aromatic heterocycles. The molecule has 0 spiro atoms. The highest BCUT2D eigenvalue weighted by atomic mass is 127. The van der Waals surface area contributed by atoms with Crippen molar-refractivity contribution in [1.82, 2.24) is 10.6 Å². The van der Waals surface area contributed by atoms with Gasteiger partial charge in [-0.05, 0) is 56.6 Å². The first kappa shape index (κ1) is 21.2. The van der Waals surface area contributed by atoms with Crippen molar-refractivity contribution in [2.45, 2.75) is 46.1 Å². The first-order valence-corrected chi connectivity index (χ1v) is 8.71. The summed E-state index contributed by atoms with van der Waals surface area (Å²) >= 11 is 0. The molecule has 24 heavy (non-hydrogen) atoms. The van der Waals surface area contributed by atoms with E-state index < -0.39 is 0 Å². The Morgan fingerprint density at radius 2 is 2.04 bits per heavy atom. The van der Waals surface area contributed by atoms with Gasteiger partial charge in [-0.3, -0.25) is 4.99 Å². The molecule has 0 saturated heterocycles. The molecular weight excluding hydrogens is 413 g/mol. The molecule has 1 aromatic rings. The van der Waals surface area contributed by atoms with E-state index in [0.717, 1.165) is 32.1 Å². The number of benzene rings is 1. The van der Waals surface area contributed by atoms with E-state index in [1.807, 2.05) is 7.05 Å². The van der Waals surface area contributed by atoms with Crippen LogP contribution in [0.4, 0.5) is 0 Å². The van der Waals surface area contributed by atoms with Gasteiger partial charge in [0.05, 0.1) is 6.04 Å². The monoisotopic (exact) mass is 445 g/mol. The van der Waals surface area contributed by atoms with Crippen molar-refractivity contribution in [2.75, 3.05) is 26.8 Å². The van der Waals surface area contributed by atoms with Gasteiger partial charge in [0.25, 0.3) is 0 Å². The van der Waals surface area contributed by atoms with Crippen LogP contribution in [0.2, 0.25) is 0 Å². The smallest absolute Gasteiger partial charge is 0.191 e. The van der Waals surface area contributed by atoms with Crippen LogP contribution in [0.3, 0.4) is 0 Å². The topological polar surface area (TPSA) is 45.6 Å². The quantitative estimate of drug-likeness (QED) is 0.275. The zero-order chi connectivity index (χ0) is 16.7. The minimum atomic E-state index is 0. The van der Waals surface area contributed by atoms with Crippen molar-refractivity contribution in [3.8, 4) is 0 Å². The molecule has 0 amide bonds. The molecular formula is C19H32IN3O. The van der Waals surface area contributed by atoms with E-state index in [2.05, 4.69) is 60.7 Å². The van der Waals surface area contributed by atoms with E-state index in [1.165, 1.54) is 24.0 Å². The van der Waals surface area contributed by atoms with Crippen LogP contribution in [0, 0.1) is 12.3 Å². The van der Waals surface area contributed by atoms with Crippen molar-refractivity contribution in [1.29, 1.82) is 0 Å². The number of halogens is 1. The van der Waals surface area contributed by atoms with Crippen LogP contribution in [0.5, 0.6) is 0 Å². The Kier molecular flexibility index (Phi) is 9.05. The predicted molar refractivity (Wildman–Crippen MR) is 112 cm³/mol. The maximum Gasteiger partial charge on any atom is 0.191 e. The largest absolute Gasteiger partial charge is 0.382 e. The van der Waals surface area contributed by atoms with Crippen molar-refractivity contribution in [2.24, 2.45) is 10.4 Å². The highest BCUT2D eigenvalue weighted by Crippen LogP contribution is 2.48. The van der Waals surface area contributed by atoms with Gasteiger partial charge >= 0.3 is 0 Å². The fraction of sp³-hybridized carbons (Fsp3) is 0.632. The number of hydrogen-bond acceptors (Lipinski definition) is 2. The fourth-order valence-electron chi connectivity index (χ4n) is 2.95. The van der Waals surface area contributed by atoms with Gasteiger partial charge in [0.1, 0.15) is 0 Å². The molecule has 1 unspecified atom stereocenters. The third-order valence-electron chi connectivity index (χ3n) is 4.80. The normalized spacial score (nSPS) is 16.9. The molecule has 1 atom stereocenters. The number of guanidine groups is 1. The molecule has 4 nitrogen and oxygen atoms in total. The van der Waals surface area contributed by atoms with Crippen molar-refractivity contribution in [3.05, 3.63) is 35.4 Å². The Morgan fingerprint density at radius 3 is 2.62 bits per heavy atom. The van der Waals surface area contributed by atoms with Gasteiger partial charge in [0, 0.05) is 26.8 Å². The molecule has 1 aliphatic rings. The average molecular weight is 445 g/mol. The molecule has 0 aliphatic heterocycles. The maximum atomic E-state index is 5.50. The molecule has 0 bridgehead atoms. The predicted octanol–water partition coefficient (Wildman–Crippen LogP) is 4.05. The third-order valence-corrected chi connectivity index (χ3v) is 4.80. The molecule has 1 aliphatic carbocycles. The van der Waals surface area contributed by atoms with Gasteiger partial charge in [-0.1, -0.05) is 24.3 Å². The van der Waals surface area contributed by atoms with Gasteiger partial charge in [-0.25, -0.2) is 0 Å². The summed E-state index contributed by atoms with van der Waals surface area (Å²) in [5, 5.41) is 7.00. The summed E-state index contributed by atoms with van der Waals surface area (Å²) in [5.74, 6) is 0.878. The van der Waals surface area contributed by atoms with Crippen molar-refractivity contribution in [3.63, 3.8) is 0 Å². The number of aliphatic imine (C=N–C) groups is 1. The van der Waals surface area contributed by atoms with Gasteiger partial charge in [0.2, 0.25) is 0 Å². The Morgan fingerprint density at radius 1 is 1.33 bits per heavy atom. The second kappa shape index (κ2) is 10.2. The summed E-state index contributed by atoms with van der Waals surface area (Å²) in [6, 6.07) is 8.72. The Balaban J connectivity index is 0.00000288. The van der Waals surface area contributed by atoms with E-state index in [0.29, 0.717) is 5.41 Å². The molecule has 0 radical (unpaired) electrons. The van der Waals surface area contributed by atoms with Crippen LogP contribution >= 0.6 is 24.0 Å². The summed E-state index contributed by atoms with van der Waals surface area (Å²) in [4.78, 5) is 4.37. The van der Waals surface area contributed by atoms with Crippen LogP contribution in [0.15, 0.2) is 29.3 Å². The Bertz CT molecular complexity index is 529. The molecule has 2 rings (SSSR count). The first-order chi connectivity index (χ1) is 11.1. The van der Waals surface area contributed by atoms with Gasteiger partial charge in [-0.2, -0.15) is 0 Å². The van der Waals surface area contributed by atoms with Crippen molar-refractivity contribution >= 4 is 29.9 Å². The average Bonchev–Trinajstić information content (AvgIpc) is 3.32. The fourth-order valence-corrected chi connectivity index (χ4v) is 2.95. The second-order valence-corrected chi connectivity index (χ2v) is 6.60. The van der Waals surface area contributed by atoms with Crippen LogP contribution in [0.1, 0.15) is 50.3 Å². The Hall–Kier alpha value is -0.820. The van der Waals surface area contributed by atoms with Gasteiger partial charge in [-0.15, -0.1) is 24.0 Å². The number of aryl methyl sites for hydroxylation is 1. The molecule has 136 valence electrons. The van der Waals surface area contributed by atoms with Crippen LogP contribution in [-0.2, 0) is 4.74 Å². The van der Waals surface area contributed by atoms with Crippen LogP contribution in [-0.4, -0.2) is 32.8 Å². The highest BCUT2D eigenvalue weighted by Gasteiger charge is 2.41. The van der Waals surface area contributed by atoms with E-state index in [4.69, 9.17) is 4.74 Å². The van der Waals surface area contributed by atoms with Crippen LogP contribution in [0.25, 0.3) is 0 Å². The van der Waals surface area contributed by atoms with Crippen LogP contribution < -0.4 is 10.6 Å².